The van der Waals surface area contributed by atoms with Crippen molar-refractivity contribution in [1.29, 1.82) is 0 Å². The fourth-order valence-corrected chi connectivity index (χ4v) is 3.04. The number of carboxylic acids is 1. The number of rotatable bonds is 6. The summed E-state index contributed by atoms with van der Waals surface area (Å²) in [6.45, 7) is 1.92. The maximum absolute atomic E-state index is 12.3. The maximum Gasteiger partial charge on any atom is 0.306 e. The minimum atomic E-state index is -0.720. The zero-order valence-corrected chi connectivity index (χ0v) is 13.7. The lowest BCUT2D eigenvalue weighted by Gasteiger charge is -2.27. The van der Waals surface area contributed by atoms with E-state index in [-0.39, 0.29) is 23.8 Å². The fraction of sp³-hybridized carbons (Fsp3) is 0.556. The first kappa shape index (κ1) is 17.3. The van der Waals surface area contributed by atoms with Gasteiger partial charge in [0, 0.05) is 12.0 Å². The fourth-order valence-electron chi connectivity index (χ4n) is 3.04. The molecule has 2 N–H and O–H groups in total. The van der Waals surface area contributed by atoms with Gasteiger partial charge in [-0.05, 0) is 49.8 Å². The minimum Gasteiger partial charge on any atom is -0.497 e. The van der Waals surface area contributed by atoms with Gasteiger partial charge in [0.05, 0.1) is 13.0 Å². The molecular formula is C18H25NO4. The highest BCUT2D eigenvalue weighted by molar-refractivity contribution is 5.79. The summed E-state index contributed by atoms with van der Waals surface area (Å²) in [7, 11) is 1.63. The number of nitrogens with one attached hydrogen (secondary N) is 1. The molecule has 0 heterocycles. The molecule has 126 valence electrons. The smallest absolute Gasteiger partial charge is 0.306 e. The van der Waals surface area contributed by atoms with Gasteiger partial charge in [0.1, 0.15) is 5.75 Å². The van der Waals surface area contributed by atoms with Gasteiger partial charge < -0.3 is 15.2 Å². The molecular weight excluding hydrogens is 294 g/mol. The van der Waals surface area contributed by atoms with Crippen molar-refractivity contribution >= 4 is 11.9 Å². The van der Waals surface area contributed by atoms with Crippen LogP contribution in [0.2, 0.25) is 0 Å². The normalized spacial score (nSPS) is 22.2. The van der Waals surface area contributed by atoms with E-state index in [2.05, 4.69) is 5.32 Å². The Morgan fingerprint density at radius 1 is 1.22 bits per heavy atom. The summed E-state index contributed by atoms with van der Waals surface area (Å²) in [5.74, 6) is -0.233. The SMILES string of the molecule is COc1ccc(CC(C)C(=O)NC2CCC(C(=O)O)CC2)cc1. The molecule has 0 radical (unpaired) electrons. The van der Waals surface area contributed by atoms with Crippen LogP contribution in [0.1, 0.15) is 38.2 Å². The predicted octanol–water partition coefficient (Wildman–Crippen LogP) is 2.63. The van der Waals surface area contributed by atoms with Gasteiger partial charge in [0.25, 0.3) is 0 Å². The predicted molar refractivity (Wildman–Crippen MR) is 87.4 cm³/mol. The molecule has 0 saturated heterocycles. The Bertz CT molecular complexity index is 532. The first-order chi connectivity index (χ1) is 11.0. The van der Waals surface area contributed by atoms with Crippen molar-refractivity contribution in [1.82, 2.24) is 5.32 Å². The van der Waals surface area contributed by atoms with Crippen molar-refractivity contribution in [2.45, 2.75) is 45.1 Å². The number of aliphatic carboxylic acids is 1. The monoisotopic (exact) mass is 319 g/mol. The van der Waals surface area contributed by atoms with E-state index in [0.29, 0.717) is 19.3 Å². The van der Waals surface area contributed by atoms with E-state index in [1.807, 2.05) is 31.2 Å². The lowest BCUT2D eigenvalue weighted by molar-refractivity contribution is -0.142. The summed E-state index contributed by atoms with van der Waals surface area (Å²) in [4.78, 5) is 23.2. The molecule has 1 aromatic rings. The third kappa shape index (κ3) is 4.98. The molecule has 1 atom stereocenters. The van der Waals surface area contributed by atoms with Crippen LogP contribution < -0.4 is 10.1 Å². The molecule has 0 aromatic heterocycles. The third-order valence-corrected chi connectivity index (χ3v) is 4.57. The highest BCUT2D eigenvalue weighted by Gasteiger charge is 2.27. The second-order valence-electron chi connectivity index (χ2n) is 6.35. The summed E-state index contributed by atoms with van der Waals surface area (Å²) >= 11 is 0. The second-order valence-corrected chi connectivity index (χ2v) is 6.35. The molecule has 1 aliphatic rings. The average molecular weight is 319 g/mol. The summed E-state index contributed by atoms with van der Waals surface area (Å²) in [6.07, 6.45) is 3.47. The van der Waals surface area contributed by atoms with Crippen LogP contribution in [-0.2, 0) is 16.0 Å². The van der Waals surface area contributed by atoms with Crippen LogP contribution >= 0.6 is 0 Å². The lowest BCUT2D eigenvalue weighted by Crippen LogP contribution is -2.41. The first-order valence-electron chi connectivity index (χ1n) is 8.15. The molecule has 1 aromatic carbocycles. The molecule has 5 nitrogen and oxygen atoms in total. The maximum atomic E-state index is 12.3. The van der Waals surface area contributed by atoms with Crippen molar-refractivity contribution in [2.75, 3.05) is 7.11 Å². The number of ether oxygens (including phenoxy) is 1. The first-order valence-corrected chi connectivity index (χ1v) is 8.15. The molecule has 1 amide bonds. The number of benzene rings is 1. The molecule has 1 unspecified atom stereocenters. The highest BCUT2D eigenvalue weighted by Crippen LogP contribution is 2.24. The van der Waals surface area contributed by atoms with Crippen LogP contribution in [0.15, 0.2) is 24.3 Å². The Morgan fingerprint density at radius 2 is 1.83 bits per heavy atom. The van der Waals surface area contributed by atoms with Crippen molar-refractivity contribution in [2.24, 2.45) is 11.8 Å². The number of hydrogen-bond acceptors (Lipinski definition) is 3. The van der Waals surface area contributed by atoms with E-state index >= 15 is 0 Å². The van der Waals surface area contributed by atoms with Crippen LogP contribution in [-0.4, -0.2) is 30.1 Å². The molecule has 5 heteroatoms. The van der Waals surface area contributed by atoms with Gasteiger partial charge in [-0.2, -0.15) is 0 Å². The van der Waals surface area contributed by atoms with Gasteiger partial charge in [0.2, 0.25) is 5.91 Å². The highest BCUT2D eigenvalue weighted by atomic mass is 16.5. The second kappa shape index (κ2) is 7.99. The van der Waals surface area contributed by atoms with E-state index in [4.69, 9.17) is 9.84 Å². The Hall–Kier alpha value is -2.04. The Labute approximate surface area is 137 Å². The minimum absolute atomic E-state index is 0.0413. The molecule has 2 rings (SSSR count). The number of carbonyl (C=O) groups is 2. The number of carbonyl (C=O) groups excluding carboxylic acids is 1. The molecule has 0 bridgehead atoms. The average Bonchev–Trinajstić information content (AvgIpc) is 2.56. The number of amides is 1. The molecule has 1 fully saturated rings. The summed E-state index contributed by atoms with van der Waals surface area (Å²) in [5, 5.41) is 12.1. The van der Waals surface area contributed by atoms with Crippen LogP contribution in [0, 0.1) is 11.8 Å². The van der Waals surface area contributed by atoms with Crippen molar-refractivity contribution in [3.8, 4) is 5.75 Å². The van der Waals surface area contributed by atoms with E-state index in [1.165, 1.54) is 0 Å². The van der Waals surface area contributed by atoms with Gasteiger partial charge in [-0.25, -0.2) is 0 Å². The number of carboxylic acid groups (broad SMARTS) is 1. The van der Waals surface area contributed by atoms with Gasteiger partial charge in [-0.15, -0.1) is 0 Å². The topological polar surface area (TPSA) is 75.6 Å². The van der Waals surface area contributed by atoms with Crippen LogP contribution in [0.4, 0.5) is 0 Å². The Morgan fingerprint density at radius 3 is 2.35 bits per heavy atom. The van der Waals surface area contributed by atoms with E-state index in [0.717, 1.165) is 24.2 Å². The molecule has 0 aliphatic heterocycles. The van der Waals surface area contributed by atoms with Gasteiger partial charge in [0.15, 0.2) is 0 Å². The number of hydrogen-bond donors (Lipinski definition) is 2. The zero-order chi connectivity index (χ0) is 16.8. The Kier molecular flexibility index (Phi) is 6.02. The molecule has 1 saturated carbocycles. The molecule has 1 aliphatic carbocycles. The van der Waals surface area contributed by atoms with E-state index in [1.54, 1.807) is 7.11 Å². The summed E-state index contributed by atoms with van der Waals surface area (Å²) < 4.78 is 5.13. The number of methoxy groups -OCH3 is 1. The quantitative estimate of drug-likeness (QED) is 0.845. The van der Waals surface area contributed by atoms with Crippen LogP contribution in [0.3, 0.4) is 0 Å². The van der Waals surface area contributed by atoms with Gasteiger partial charge in [-0.3, -0.25) is 9.59 Å². The van der Waals surface area contributed by atoms with Gasteiger partial charge in [-0.1, -0.05) is 19.1 Å². The van der Waals surface area contributed by atoms with Crippen LogP contribution in [0.25, 0.3) is 0 Å². The van der Waals surface area contributed by atoms with Gasteiger partial charge >= 0.3 is 5.97 Å². The third-order valence-electron chi connectivity index (χ3n) is 4.57. The van der Waals surface area contributed by atoms with Crippen LogP contribution in [0.5, 0.6) is 5.75 Å². The van der Waals surface area contributed by atoms with E-state index in [9.17, 15) is 9.59 Å². The van der Waals surface area contributed by atoms with Crippen molar-refractivity contribution < 1.29 is 19.4 Å². The molecule has 0 spiro atoms. The summed E-state index contributed by atoms with van der Waals surface area (Å²) in [6, 6.07) is 7.85. The lowest BCUT2D eigenvalue weighted by atomic mass is 9.86. The van der Waals surface area contributed by atoms with E-state index < -0.39 is 5.97 Å². The zero-order valence-electron chi connectivity index (χ0n) is 13.7. The largest absolute Gasteiger partial charge is 0.497 e. The van der Waals surface area contributed by atoms with Crippen molar-refractivity contribution in [3.63, 3.8) is 0 Å². The molecule has 23 heavy (non-hydrogen) atoms. The Balaban J connectivity index is 1.79. The summed E-state index contributed by atoms with van der Waals surface area (Å²) in [5.41, 5.74) is 1.10. The standard InChI is InChI=1S/C18H25NO4/c1-12(11-13-3-9-16(23-2)10-4-13)17(20)19-15-7-5-14(6-8-15)18(21)22/h3-4,9-10,12,14-15H,5-8,11H2,1-2H3,(H,19,20)(H,21,22). The van der Waals surface area contributed by atoms with Crippen molar-refractivity contribution in [3.05, 3.63) is 29.8 Å².